The highest BCUT2D eigenvalue weighted by atomic mass is 32.1. The van der Waals surface area contributed by atoms with E-state index in [1.165, 1.54) is 17.4 Å². The van der Waals surface area contributed by atoms with Crippen LogP contribution in [0.2, 0.25) is 0 Å². The SMILES string of the molecule is CC1C(c2nnc(NCCCO)s2)=Nc2c(cc(C3CC3)cc2C(F)(F)F)C1C. The molecule has 9 heteroatoms. The molecule has 1 aliphatic heterocycles. The van der Waals surface area contributed by atoms with Crippen LogP contribution in [0, 0.1) is 5.92 Å². The van der Waals surface area contributed by atoms with Crippen LogP contribution in [0.5, 0.6) is 0 Å². The lowest BCUT2D eigenvalue weighted by molar-refractivity contribution is -0.137. The Morgan fingerprint density at radius 2 is 1.93 bits per heavy atom. The molecule has 1 aromatic heterocycles. The van der Waals surface area contributed by atoms with E-state index >= 15 is 0 Å². The molecule has 0 spiro atoms. The highest BCUT2D eigenvalue weighted by Crippen LogP contribution is 2.50. The van der Waals surface area contributed by atoms with Crippen molar-refractivity contribution in [3.8, 4) is 0 Å². The van der Waals surface area contributed by atoms with E-state index in [0.717, 1.165) is 18.4 Å². The van der Waals surface area contributed by atoms with Gasteiger partial charge in [-0.1, -0.05) is 31.3 Å². The molecule has 1 aromatic carbocycles. The molecule has 5 nitrogen and oxygen atoms in total. The zero-order valence-corrected chi connectivity index (χ0v) is 17.1. The third-order valence-corrected chi connectivity index (χ3v) is 6.58. The van der Waals surface area contributed by atoms with E-state index in [1.54, 1.807) is 0 Å². The second-order valence-electron chi connectivity index (χ2n) is 7.77. The summed E-state index contributed by atoms with van der Waals surface area (Å²) in [7, 11) is 0. The van der Waals surface area contributed by atoms with Crippen LogP contribution in [0.4, 0.5) is 24.0 Å². The van der Waals surface area contributed by atoms with E-state index in [-0.39, 0.29) is 30.0 Å². The van der Waals surface area contributed by atoms with Gasteiger partial charge in [-0.15, -0.1) is 10.2 Å². The van der Waals surface area contributed by atoms with Gasteiger partial charge < -0.3 is 10.4 Å². The van der Waals surface area contributed by atoms with E-state index in [9.17, 15) is 13.2 Å². The summed E-state index contributed by atoms with van der Waals surface area (Å²) in [5.74, 6) is 0.0632. The Labute approximate surface area is 171 Å². The fourth-order valence-corrected chi connectivity index (χ4v) is 4.52. The van der Waals surface area contributed by atoms with Crippen molar-refractivity contribution in [1.29, 1.82) is 0 Å². The van der Waals surface area contributed by atoms with Gasteiger partial charge in [-0.25, -0.2) is 4.99 Å². The van der Waals surface area contributed by atoms with E-state index in [1.807, 2.05) is 19.9 Å². The number of nitrogens with zero attached hydrogens (tertiary/aromatic N) is 3. The van der Waals surface area contributed by atoms with Crippen molar-refractivity contribution in [3.63, 3.8) is 0 Å². The zero-order valence-electron chi connectivity index (χ0n) is 16.3. The summed E-state index contributed by atoms with van der Waals surface area (Å²) in [6, 6.07) is 3.20. The quantitative estimate of drug-likeness (QED) is 0.633. The molecule has 2 aromatic rings. The highest BCUT2D eigenvalue weighted by Gasteiger charge is 2.40. The number of hydrogen-bond donors (Lipinski definition) is 2. The Morgan fingerprint density at radius 1 is 1.17 bits per heavy atom. The summed E-state index contributed by atoms with van der Waals surface area (Å²) in [4.78, 5) is 4.48. The second kappa shape index (κ2) is 7.68. The van der Waals surface area contributed by atoms with Crippen molar-refractivity contribution in [2.45, 2.75) is 51.1 Å². The van der Waals surface area contributed by atoms with Crippen LogP contribution in [0.3, 0.4) is 0 Å². The first-order valence-electron chi connectivity index (χ1n) is 9.81. The Morgan fingerprint density at radius 3 is 2.59 bits per heavy atom. The fourth-order valence-electron chi connectivity index (χ4n) is 3.66. The molecule has 1 aliphatic carbocycles. The molecule has 1 fully saturated rings. The minimum absolute atomic E-state index is 0.0208. The summed E-state index contributed by atoms with van der Waals surface area (Å²) in [5, 5.41) is 21.3. The van der Waals surface area contributed by atoms with E-state index in [2.05, 4.69) is 20.5 Å². The number of aliphatic imine (C=N–C) groups is 1. The molecule has 1 saturated carbocycles. The number of hydrogen-bond acceptors (Lipinski definition) is 6. The van der Waals surface area contributed by atoms with Gasteiger partial charge in [0.15, 0.2) is 5.01 Å². The van der Waals surface area contributed by atoms with Crippen molar-refractivity contribution < 1.29 is 18.3 Å². The number of alkyl halides is 3. The minimum atomic E-state index is -4.46. The number of aromatic nitrogens is 2. The summed E-state index contributed by atoms with van der Waals surface area (Å²) in [6.07, 6.45) is -1.98. The average molecular weight is 424 g/mol. The number of rotatable bonds is 6. The van der Waals surface area contributed by atoms with E-state index in [0.29, 0.717) is 34.4 Å². The highest BCUT2D eigenvalue weighted by molar-refractivity contribution is 7.17. The molecular formula is C20H23F3N4OS. The molecule has 0 bridgehead atoms. The third kappa shape index (κ3) is 4.02. The molecule has 2 heterocycles. The van der Waals surface area contributed by atoms with Crippen molar-refractivity contribution in [2.24, 2.45) is 10.9 Å². The molecule has 156 valence electrons. The van der Waals surface area contributed by atoms with Crippen molar-refractivity contribution >= 4 is 27.9 Å². The fraction of sp³-hybridized carbons (Fsp3) is 0.550. The Balaban J connectivity index is 1.75. The standard InChI is InChI=1S/C20H23F3N4OS/c1-10-11(2)16(18-26-27-19(29-18)24-6-3-7-28)25-17-14(10)8-13(12-4-5-12)9-15(17)20(21,22)23/h8-12,28H,3-7H2,1-2H3,(H,24,27). The molecule has 0 radical (unpaired) electrons. The maximum absolute atomic E-state index is 13.8. The van der Waals surface area contributed by atoms with Gasteiger partial charge in [0.25, 0.3) is 0 Å². The molecule has 2 N–H and O–H groups in total. The largest absolute Gasteiger partial charge is 0.418 e. The normalized spacial score (nSPS) is 21.7. The number of fused-ring (bicyclic) bond motifs is 1. The van der Waals surface area contributed by atoms with Crippen LogP contribution in [0.1, 0.15) is 66.6 Å². The van der Waals surface area contributed by atoms with Crippen molar-refractivity contribution in [3.05, 3.63) is 33.8 Å². The molecule has 2 atom stereocenters. The monoisotopic (exact) mass is 424 g/mol. The van der Waals surface area contributed by atoms with E-state index in [4.69, 9.17) is 5.11 Å². The van der Waals surface area contributed by atoms with Gasteiger partial charge in [-0.05, 0) is 48.3 Å². The molecule has 29 heavy (non-hydrogen) atoms. The predicted molar refractivity (Wildman–Crippen MR) is 107 cm³/mol. The Bertz CT molecular complexity index is 936. The number of aliphatic hydroxyl groups is 1. The lowest BCUT2D eigenvalue weighted by Crippen LogP contribution is -2.24. The molecule has 0 saturated heterocycles. The van der Waals surface area contributed by atoms with Crippen LogP contribution in [-0.4, -0.2) is 34.2 Å². The van der Waals surface area contributed by atoms with Gasteiger partial charge in [0.2, 0.25) is 5.13 Å². The first-order valence-corrected chi connectivity index (χ1v) is 10.6. The molecular weight excluding hydrogens is 401 g/mol. The lowest BCUT2D eigenvalue weighted by atomic mass is 9.80. The molecule has 0 amide bonds. The maximum Gasteiger partial charge on any atom is 0.418 e. The number of halogens is 3. The lowest BCUT2D eigenvalue weighted by Gasteiger charge is -2.29. The third-order valence-electron chi connectivity index (χ3n) is 5.68. The van der Waals surface area contributed by atoms with Crippen molar-refractivity contribution in [2.75, 3.05) is 18.5 Å². The summed E-state index contributed by atoms with van der Waals surface area (Å²) < 4.78 is 41.5. The van der Waals surface area contributed by atoms with Crippen LogP contribution in [-0.2, 0) is 6.18 Å². The number of aliphatic hydroxyl groups excluding tert-OH is 1. The van der Waals surface area contributed by atoms with Crippen LogP contribution in [0.15, 0.2) is 17.1 Å². The van der Waals surface area contributed by atoms with Gasteiger partial charge in [-0.3, -0.25) is 0 Å². The second-order valence-corrected chi connectivity index (χ2v) is 8.75. The molecule has 4 rings (SSSR count). The summed E-state index contributed by atoms with van der Waals surface area (Å²) >= 11 is 1.27. The van der Waals surface area contributed by atoms with Gasteiger partial charge in [0.1, 0.15) is 0 Å². The van der Waals surface area contributed by atoms with Crippen LogP contribution < -0.4 is 5.32 Å². The van der Waals surface area contributed by atoms with Gasteiger partial charge in [0.05, 0.1) is 17.0 Å². The summed E-state index contributed by atoms with van der Waals surface area (Å²) in [5.41, 5.74) is 1.36. The first-order chi connectivity index (χ1) is 13.8. The Kier molecular flexibility index (Phi) is 5.37. The molecule has 2 unspecified atom stereocenters. The zero-order chi connectivity index (χ0) is 20.8. The predicted octanol–water partition coefficient (Wildman–Crippen LogP) is 5.10. The minimum Gasteiger partial charge on any atom is -0.396 e. The average Bonchev–Trinajstić information content (AvgIpc) is 3.42. The number of anilines is 1. The van der Waals surface area contributed by atoms with E-state index < -0.39 is 11.7 Å². The maximum atomic E-state index is 13.8. The topological polar surface area (TPSA) is 70.4 Å². The first kappa shape index (κ1) is 20.3. The van der Waals surface area contributed by atoms with Gasteiger partial charge in [0, 0.05) is 19.1 Å². The molecule has 2 aliphatic rings. The number of nitrogens with one attached hydrogen (secondary N) is 1. The van der Waals surface area contributed by atoms with Crippen LogP contribution in [0.25, 0.3) is 0 Å². The Hall–Kier alpha value is -2.00. The number of benzene rings is 1. The van der Waals surface area contributed by atoms with Gasteiger partial charge in [-0.2, -0.15) is 13.2 Å². The van der Waals surface area contributed by atoms with Crippen LogP contribution >= 0.6 is 11.3 Å². The van der Waals surface area contributed by atoms with Crippen molar-refractivity contribution in [1.82, 2.24) is 10.2 Å². The summed E-state index contributed by atoms with van der Waals surface area (Å²) in [6.45, 7) is 4.55. The van der Waals surface area contributed by atoms with Gasteiger partial charge >= 0.3 is 6.18 Å². The smallest absolute Gasteiger partial charge is 0.396 e.